The van der Waals surface area contributed by atoms with E-state index >= 15 is 0 Å². The summed E-state index contributed by atoms with van der Waals surface area (Å²) < 4.78 is 23.0. The Bertz CT molecular complexity index is 261. The molecule has 1 aliphatic rings. The molecule has 0 unspecified atom stereocenters. The van der Waals surface area contributed by atoms with Gasteiger partial charge in [0.2, 0.25) is 8.87 Å². The molecule has 1 N–H and O–H groups in total. The van der Waals surface area contributed by atoms with Gasteiger partial charge in [-0.15, -0.1) is 0 Å². The Morgan fingerprint density at radius 2 is 2.00 bits per heavy atom. The van der Waals surface area contributed by atoms with E-state index in [1.165, 1.54) is 0 Å². The lowest BCUT2D eigenvalue weighted by molar-refractivity contribution is 0.137. The van der Waals surface area contributed by atoms with Crippen molar-refractivity contribution in [2.75, 3.05) is 5.75 Å². The van der Waals surface area contributed by atoms with Crippen LogP contribution in [0.5, 0.6) is 0 Å². The average Bonchev–Trinajstić information content (AvgIpc) is 2.08. The van der Waals surface area contributed by atoms with Gasteiger partial charge in [-0.2, -0.15) is 0 Å². The van der Waals surface area contributed by atoms with Gasteiger partial charge in [0.15, 0.2) is 0 Å². The first-order valence-corrected chi connectivity index (χ1v) is 8.19. The smallest absolute Gasteiger partial charge is 0.201 e. The molecule has 0 saturated heterocycles. The van der Waals surface area contributed by atoms with E-state index in [2.05, 4.69) is 0 Å². The summed E-state index contributed by atoms with van der Waals surface area (Å²) in [6.45, 7) is 1.86. The summed E-state index contributed by atoms with van der Waals surface area (Å²) in [5, 5.41) is 9.52. The van der Waals surface area contributed by atoms with Gasteiger partial charge in [-0.1, -0.05) is 19.8 Å². The van der Waals surface area contributed by atoms with Crippen LogP contribution in [0.4, 0.5) is 0 Å². The molecule has 0 aromatic heterocycles. The first-order chi connectivity index (χ1) is 6.55. The lowest BCUT2D eigenvalue weighted by Crippen LogP contribution is -2.28. The molecule has 0 bridgehead atoms. The maximum atomic E-state index is 11.5. The van der Waals surface area contributed by atoms with Crippen molar-refractivity contribution < 1.29 is 13.5 Å². The molecular formula is C9H18O3S2. The molecule has 84 valence electrons. The molecule has 5 heteroatoms. The maximum Gasteiger partial charge on any atom is 0.201 e. The molecule has 1 rings (SSSR count). The zero-order valence-corrected chi connectivity index (χ0v) is 10.1. The zero-order valence-electron chi connectivity index (χ0n) is 8.48. The van der Waals surface area contributed by atoms with Crippen molar-refractivity contribution in [3.63, 3.8) is 0 Å². The first-order valence-electron chi connectivity index (χ1n) is 5.14. The summed E-state index contributed by atoms with van der Waals surface area (Å²) in [4.78, 5) is 0. The van der Waals surface area contributed by atoms with E-state index < -0.39 is 15.0 Å². The molecule has 0 heterocycles. The first kappa shape index (κ1) is 12.3. The van der Waals surface area contributed by atoms with E-state index in [4.69, 9.17) is 0 Å². The van der Waals surface area contributed by atoms with Crippen molar-refractivity contribution >= 4 is 19.7 Å². The Kier molecular flexibility index (Phi) is 4.73. The fourth-order valence-corrected chi connectivity index (χ4v) is 5.77. The van der Waals surface area contributed by atoms with Crippen LogP contribution in [0, 0.1) is 0 Å². The quantitative estimate of drug-likeness (QED) is 0.758. The van der Waals surface area contributed by atoms with Gasteiger partial charge >= 0.3 is 0 Å². The molecule has 0 aromatic rings. The fraction of sp³-hybridized carbons (Fsp3) is 1.00. The molecular weight excluding hydrogens is 220 g/mol. The van der Waals surface area contributed by atoms with Crippen LogP contribution < -0.4 is 0 Å². The highest BCUT2D eigenvalue weighted by molar-refractivity contribution is 8.72. The molecule has 0 radical (unpaired) electrons. The summed E-state index contributed by atoms with van der Waals surface area (Å²) in [7, 11) is -2.03. The SMILES string of the molecule is CCCS(=O)(=O)S[C@@H]1CCCC[C@H]1O. The second kappa shape index (κ2) is 5.37. The van der Waals surface area contributed by atoms with Gasteiger partial charge in [0.1, 0.15) is 0 Å². The Labute approximate surface area is 89.6 Å². The van der Waals surface area contributed by atoms with E-state index in [1.807, 2.05) is 6.92 Å². The van der Waals surface area contributed by atoms with Gasteiger partial charge in [-0.3, -0.25) is 0 Å². The lowest BCUT2D eigenvalue weighted by Gasteiger charge is -2.26. The highest BCUT2D eigenvalue weighted by atomic mass is 33.1. The Morgan fingerprint density at radius 3 is 2.57 bits per heavy atom. The Balaban J connectivity index is 2.49. The largest absolute Gasteiger partial charge is 0.392 e. The van der Waals surface area contributed by atoms with Crippen molar-refractivity contribution in [1.82, 2.24) is 0 Å². The van der Waals surface area contributed by atoms with Crippen LogP contribution in [0.15, 0.2) is 0 Å². The fourth-order valence-electron chi connectivity index (χ4n) is 1.68. The van der Waals surface area contributed by atoms with Crippen LogP contribution in [-0.2, 0) is 8.87 Å². The molecule has 1 fully saturated rings. The lowest BCUT2D eigenvalue weighted by atomic mass is 9.97. The van der Waals surface area contributed by atoms with E-state index in [-0.39, 0.29) is 11.0 Å². The average molecular weight is 238 g/mol. The second-order valence-corrected chi connectivity index (χ2v) is 8.17. The number of aliphatic hydroxyl groups is 1. The van der Waals surface area contributed by atoms with Crippen LogP contribution in [0.1, 0.15) is 39.0 Å². The standard InChI is InChI=1S/C9H18O3S2/c1-2-7-14(11,12)13-9-6-4-3-5-8(9)10/h8-10H,2-7H2,1H3/t8-,9-/m1/s1. The van der Waals surface area contributed by atoms with Gasteiger partial charge in [0.25, 0.3) is 0 Å². The van der Waals surface area contributed by atoms with Crippen LogP contribution in [0.2, 0.25) is 0 Å². The molecule has 0 aliphatic heterocycles. The van der Waals surface area contributed by atoms with Crippen LogP contribution in [0.25, 0.3) is 0 Å². The van der Waals surface area contributed by atoms with Gasteiger partial charge in [-0.25, -0.2) is 8.42 Å². The Hall–Kier alpha value is 0.260. The van der Waals surface area contributed by atoms with Crippen molar-refractivity contribution in [3.8, 4) is 0 Å². The molecule has 2 atom stereocenters. The topological polar surface area (TPSA) is 54.4 Å². The van der Waals surface area contributed by atoms with Crippen molar-refractivity contribution in [2.45, 2.75) is 50.4 Å². The Morgan fingerprint density at radius 1 is 1.36 bits per heavy atom. The maximum absolute atomic E-state index is 11.5. The molecule has 0 spiro atoms. The summed E-state index contributed by atoms with van der Waals surface area (Å²) >= 11 is 0. The summed E-state index contributed by atoms with van der Waals surface area (Å²) in [5.41, 5.74) is 0. The normalized spacial score (nSPS) is 29.0. The van der Waals surface area contributed by atoms with E-state index in [1.54, 1.807) is 0 Å². The van der Waals surface area contributed by atoms with Crippen molar-refractivity contribution in [1.29, 1.82) is 0 Å². The summed E-state index contributed by atoms with van der Waals surface area (Å²) in [6.07, 6.45) is 3.86. The third kappa shape index (κ3) is 3.79. The van der Waals surface area contributed by atoms with Crippen LogP contribution in [-0.4, -0.2) is 30.6 Å². The number of aliphatic hydroxyl groups excluding tert-OH is 1. The monoisotopic (exact) mass is 238 g/mol. The van der Waals surface area contributed by atoms with Gasteiger partial charge < -0.3 is 5.11 Å². The molecule has 0 amide bonds. The van der Waals surface area contributed by atoms with Crippen LogP contribution in [0.3, 0.4) is 0 Å². The molecule has 0 aromatic carbocycles. The van der Waals surface area contributed by atoms with Crippen molar-refractivity contribution in [3.05, 3.63) is 0 Å². The highest BCUT2D eigenvalue weighted by Crippen LogP contribution is 2.32. The zero-order chi connectivity index (χ0) is 10.6. The van der Waals surface area contributed by atoms with Gasteiger partial charge in [-0.05, 0) is 30.1 Å². The molecule has 3 nitrogen and oxygen atoms in total. The highest BCUT2D eigenvalue weighted by Gasteiger charge is 2.28. The van der Waals surface area contributed by atoms with E-state index in [0.29, 0.717) is 6.42 Å². The summed E-state index contributed by atoms with van der Waals surface area (Å²) in [5.74, 6) is 0.223. The molecule has 14 heavy (non-hydrogen) atoms. The molecule has 1 saturated carbocycles. The predicted octanol–water partition coefficient (Wildman–Crippen LogP) is 1.76. The molecule has 1 aliphatic carbocycles. The third-order valence-corrected chi connectivity index (χ3v) is 6.51. The minimum Gasteiger partial charge on any atom is -0.392 e. The van der Waals surface area contributed by atoms with Gasteiger partial charge in [0, 0.05) is 5.25 Å². The number of hydrogen-bond acceptors (Lipinski definition) is 4. The number of rotatable bonds is 4. The summed E-state index contributed by atoms with van der Waals surface area (Å²) in [6, 6.07) is 0. The minimum atomic E-state index is -3.01. The van der Waals surface area contributed by atoms with E-state index in [0.717, 1.165) is 36.5 Å². The second-order valence-electron chi connectivity index (χ2n) is 3.75. The third-order valence-electron chi connectivity index (χ3n) is 2.39. The van der Waals surface area contributed by atoms with Crippen LogP contribution >= 0.6 is 10.8 Å². The van der Waals surface area contributed by atoms with E-state index in [9.17, 15) is 13.5 Å². The van der Waals surface area contributed by atoms with Crippen molar-refractivity contribution in [2.24, 2.45) is 0 Å². The predicted molar refractivity (Wildman–Crippen MR) is 59.9 cm³/mol. The number of hydrogen-bond donors (Lipinski definition) is 1. The van der Waals surface area contributed by atoms with Gasteiger partial charge in [0.05, 0.1) is 11.9 Å². The minimum absolute atomic E-state index is 0.0969.